The van der Waals surface area contributed by atoms with Crippen LogP contribution in [0.25, 0.3) is 0 Å². The number of ether oxygens (including phenoxy) is 3. The van der Waals surface area contributed by atoms with Gasteiger partial charge in [0.15, 0.2) is 11.5 Å². The van der Waals surface area contributed by atoms with Crippen molar-refractivity contribution in [3.63, 3.8) is 0 Å². The third-order valence-electron chi connectivity index (χ3n) is 4.06. The van der Waals surface area contributed by atoms with Crippen LogP contribution < -0.4 is 9.47 Å². The molecule has 0 aliphatic carbocycles. The van der Waals surface area contributed by atoms with Gasteiger partial charge in [0.05, 0.1) is 39.4 Å². The summed E-state index contributed by atoms with van der Waals surface area (Å²) >= 11 is 0. The first kappa shape index (κ1) is 19.1. The SMILES string of the molecule is CCCCOc1ccc(C(=O)N2CCOCC2CC(=O)O)cc1OC. The number of nitrogens with zero attached hydrogens (tertiary/aromatic N) is 1. The van der Waals surface area contributed by atoms with E-state index < -0.39 is 12.0 Å². The van der Waals surface area contributed by atoms with Crippen LogP contribution in [0.15, 0.2) is 18.2 Å². The van der Waals surface area contributed by atoms with Gasteiger partial charge in [-0.05, 0) is 24.6 Å². The Hall–Kier alpha value is -2.28. The summed E-state index contributed by atoms with van der Waals surface area (Å²) < 4.78 is 16.3. The summed E-state index contributed by atoms with van der Waals surface area (Å²) in [5, 5.41) is 9.03. The first-order valence-electron chi connectivity index (χ1n) is 8.48. The Morgan fingerprint density at radius 3 is 2.84 bits per heavy atom. The number of unbranched alkanes of at least 4 members (excludes halogenated alkanes) is 1. The van der Waals surface area contributed by atoms with Gasteiger partial charge in [-0.25, -0.2) is 0 Å². The standard InChI is InChI=1S/C18H25NO6/c1-3-4-8-25-15-6-5-13(10-16(15)23-2)18(22)19-7-9-24-12-14(19)11-17(20)21/h5-6,10,14H,3-4,7-9,11-12H2,1-2H3,(H,20,21). The molecule has 25 heavy (non-hydrogen) atoms. The van der Waals surface area contributed by atoms with Gasteiger partial charge in [0, 0.05) is 12.1 Å². The summed E-state index contributed by atoms with van der Waals surface area (Å²) in [6.07, 6.45) is 1.83. The van der Waals surface area contributed by atoms with Gasteiger partial charge in [-0.2, -0.15) is 0 Å². The van der Waals surface area contributed by atoms with E-state index in [1.54, 1.807) is 23.1 Å². The van der Waals surface area contributed by atoms with Crippen LogP contribution in [0.5, 0.6) is 11.5 Å². The summed E-state index contributed by atoms with van der Waals surface area (Å²) in [6, 6.07) is 4.57. The summed E-state index contributed by atoms with van der Waals surface area (Å²) in [4.78, 5) is 25.4. The first-order valence-corrected chi connectivity index (χ1v) is 8.48. The largest absolute Gasteiger partial charge is 0.493 e. The maximum absolute atomic E-state index is 12.8. The molecule has 1 atom stereocenters. The Morgan fingerprint density at radius 2 is 2.16 bits per heavy atom. The molecular formula is C18H25NO6. The minimum Gasteiger partial charge on any atom is -0.493 e. The molecule has 1 heterocycles. The van der Waals surface area contributed by atoms with Crippen molar-refractivity contribution in [3.8, 4) is 11.5 Å². The van der Waals surface area contributed by atoms with E-state index in [0.29, 0.717) is 36.8 Å². The molecule has 0 spiro atoms. The Labute approximate surface area is 147 Å². The number of carboxylic acids is 1. The van der Waals surface area contributed by atoms with Crippen molar-refractivity contribution in [1.82, 2.24) is 4.90 Å². The molecule has 1 amide bonds. The van der Waals surface area contributed by atoms with Crippen LogP contribution >= 0.6 is 0 Å². The van der Waals surface area contributed by atoms with Crippen molar-refractivity contribution >= 4 is 11.9 Å². The smallest absolute Gasteiger partial charge is 0.305 e. The summed E-state index contributed by atoms with van der Waals surface area (Å²) in [7, 11) is 1.53. The summed E-state index contributed by atoms with van der Waals surface area (Å²) in [5.41, 5.74) is 0.442. The fraction of sp³-hybridized carbons (Fsp3) is 0.556. The molecule has 0 saturated carbocycles. The average molecular weight is 351 g/mol. The number of carboxylic acid groups (broad SMARTS) is 1. The van der Waals surface area contributed by atoms with Gasteiger partial charge in [0.25, 0.3) is 5.91 Å². The van der Waals surface area contributed by atoms with Crippen molar-refractivity contribution in [1.29, 1.82) is 0 Å². The quantitative estimate of drug-likeness (QED) is 0.723. The second-order valence-electron chi connectivity index (χ2n) is 5.89. The zero-order chi connectivity index (χ0) is 18.2. The second kappa shape index (κ2) is 9.27. The number of rotatable bonds is 8. The predicted molar refractivity (Wildman–Crippen MR) is 91.3 cm³/mol. The van der Waals surface area contributed by atoms with Crippen LogP contribution in [0.1, 0.15) is 36.5 Å². The average Bonchev–Trinajstić information content (AvgIpc) is 2.61. The molecule has 1 saturated heterocycles. The molecule has 1 N–H and O–H groups in total. The Balaban J connectivity index is 2.15. The van der Waals surface area contributed by atoms with Gasteiger partial charge in [-0.3, -0.25) is 9.59 Å². The van der Waals surface area contributed by atoms with Gasteiger partial charge >= 0.3 is 5.97 Å². The highest BCUT2D eigenvalue weighted by atomic mass is 16.5. The molecule has 1 unspecified atom stereocenters. The molecule has 7 heteroatoms. The fourth-order valence-electron chi connectivity index (χ4n) is 2.71. The molecule has 1 aliphatic rings. The molecule has 0 aromatic heterocycles. The second-order valence-corrected chi connectivity index (χ2v) is 5.89. The zero-order valence-corrected chi connectivity index (χ0v) is 14.7. The number of carbonyl (C=O) groups excluding carboxylic acids is 1. The lowest BCUT2D eigenvalue weighted by molar-refractivity contribution is -0.139. The fourth-order valence-corrected chi connectivity index (χ4v) is 2.71. The van der Waals surface area contributed by atoms with Crippen molar-refractivity contribution in [2.75, 3.05) is 33.5 Å². The Bertz CT molecular complexity index is 603. The molecule has 1 aromatic carbocycles. The first-order chi connectivity index (χ1) is 12.1. The number of amides is 1. The van der Waals surface area contributed by atoms with E-state index in [1.165, 1.54) is 7.11 Å². The number of carbonyl (C=O) groups is 2. The van der Waals surface area contributed by atoms with Gasteiger partial charge < -0.3 is 24.2 Å². The van der Waals surface area contributed by atoms with Crippen molar-refractivity contribution in [2.45, 2.75) is 32.2 Å². The summed E-state index contributed by atoms with van der Waals surface area (Å²) in [5.74, 6) is -0.0972. The van der Waals surface area contributed by atoms with E-state index in [4.69, 9.17) is 19.3 Å². The van der Waals surface area contributed by atoms with E-state index in [-0.39, 0.29) is 18.9 Å². The van der Waals surface area contributed by atoms with E-state index in [0.717, 1.165) is 12.8 Å². The van der Waals surface area contributed by atoms with Gasteiger partial charge in [-0.1, -0.05) is 13.3 Å². The van der Waals surface area contributed by atoms with Crippen molar-refractivity contribution < 1.29 is 28.9 Å². The highest BCUT2D eigenvalue weighted by Gasteiger charge is 2.30. The van der Waals surface area contributed by atoms with E-state index in [9.17, 15) is 9.59 Å². The van der Waals surface area contributed by atoms with Crippen LogP contribution in [0.3, 0.4) is 0 Å². The monoisotopic (exact) mass is 351 g/mol. The lowest BCUT2D eigenvalue weighted by atomic mass is 10.1. The maximum atomic E-state index is 12.8. The molecule has 2 rings (SSSR count). The zero-order valence-electron chi connectivity index (χ0n) is 14.7. The molecule has 0 bridgehead atoms. The molecule has 7 nitrogen and oxygen atoms in total. The number of methoxy groups -OCH3 is 1. The third-order valence-corrected chi connectivity index (χ3v) is 4.06. The molecule has 1 aliphatic heterocycles. The normalized spacial score (nSPS) is 17.2. The third kappa shape index (κ3) is 5.09. The van der Waals surface area contributed by atoms with Gasteiger partial charge in [-0.15, -0.1) is 0 Å². The lowest BCUT2D eigenvalue weighted by Crippen LogP contribution is -2.49. The topological polar surface area (TPSA) is 85.3 Å². The molecule has 1 fully saturated rings. The highest BCUT2D eigenvalue weighted by molar-refractivity contribution is 5.95. The Kier molecular flexibility index (Phi) is 7.06. The summed E-state index contributed by atoms with van der Waals surface area (Å²) in [6.45, 7) is 3.67. The molecule has 1 aromatic rings. The highest BCUT2D eigenvalue weighted by Crippen LogP contribution is 2.29. The number of aliphatic carboxylic acids is 1. The molecule has 0 radical (unpaired) electrons. The number of benzene rings is 1. The Morgan fingerprint density at radius 1 is 1.36 bits per heavy atom. The number of hydrogen-bond donors (Lipinski definition) is 1. The molecular weight excluding hydrogens is 326 g/mol. The minimum absolute atomic E-state index is 0.138. The maximum Gasteiger partial charge on any atom is 0.305 e. The van der Waals surface area contributed by atoms with Gasteiger partial charge in [0.1, 0.15) is 0 Å². The van der Waals surface area contributed by atoms with E-state index >= 15 is 0 Å². The van der Waals surface area contributed by atoms with E-state index in [1.807, 2.05) is 0 Å². The van der Waals surface area contributed by atoms with Crippen LogP contribution in [0.4, 0.5) is 0 Å². The lowest BCUT2D eigenvalue weighted by Gasteiger charge is -2.35. The van der Waals surface area contributed by atoms with Gasteiger partial charge in [0.2, 0.25) is 0 Å². The molecule has 138 valence electrons. The van der Waals surface area contributed by atoms with Crippen molar-refractivity contribution in [3.05, 3.63) is 23.8 Å². The van der Waals surface area contributed by atoms with Crippen LogP contribution in [0.2, 0.25) is 0 Å². The number of morpholine rings is 1. The number of hydrogen-bond acceptors (Lipinski definition) is 5. The van der Waals surface area contributed by atoms with Crippen LogP contribution in [-0.2, 0) is 9.53 Å². The van der Waals surface area contributed by atoms with Crippen LogP contribution in [0, 0.1) is 0 Å². The predicted octanol–water partition coefficient (Wildman–Crippen LogP) is 2.19. The van der Waals surface area contributed by atoms with Crippen LogP contribution in [-0.4, -0.2) is 61.4 Å². The van der Waals surface area contributed by atoms with E-state index in [2.05, 4.69) is 6.92 Å². The van der Waals surface area contributed by atoms with Crippen molar-refractivity contribution in [2.24, 2.45) is 0 Å². The minimum atomic E-state index is -0.953.